The normalized spacial score (nSPS) is 10.2. The van der Waals surface area contributed by atoms with Gasteiger partial charge < -0.3 is 5.11 Å². The average Bonchev–Trinajstić information content (AvgIpc) is 1.99. The van der Waals surface area contributed by atoms with Crippen LogP contribution in [-0.4, -0.2) is 11.1 Å². The fraction of sp³-hybridized carbons (Fsp3) is 0. The number of halogens is 4. The van der Waals surface area contributed by atoms with E-state index >= 15 is 0 Å². The van der Waals surface area contributed by atoms with Gasteiger partial charge in [0.2, 0.25) is 0 Å². The Hall–Kier alpha value is -0.240. The Bertz CT molecular complexity index is 381. The van der Waals surface area contributed by atoms with Crippen LogP contribution in [0.15, 0.2) is 10.5 Å². The quantitative estimate of drug-likeness (QED) is 0.473. The molecule has 0 aliphatic heterocycles. The first-order valence-electron chi connectivity index (χ1n) is 3.01. The van der Waals surface area contributed by atoms with Crippen LogP contribution in [0.4, 0.5) is 8.78 Å². The minimum Gasteiger partial charge on any atom is -0.477 e. The van der Waals surface area contributed by atoms with Gasteiger partial charge in [0.1, 0.15) is 11.4 Å². The zero-order valence-electron chi connectivity index (χ0n) is 5.94. The molecule has 1 rings (SSSR count). The van der Waals surface area contributed by atoms with Crippen LogP contribution in [0.3, 0.4) is 0 Å². The summed E-state index contributed by atoms with van der Waals surface area (Å²) in [5.74, 6) is -3.75. The van der Waals surface area contributed by atoms with Gasteiger partial charge in [0.15, 0.2) is 5.82 Å². The molecule has 0 fully saturated rings. The summed E-state index contributed by atoms with van der Waals surface area (Å²) in [6.07, 6.45) is 0. The molecular formula is C7H2BrF2IO2. The van der Waals surface area contributed by atoms with E-state index in [1.807, 2.05) is 0 Å². The number of hydrogen-bond acceptors (Lipinski definition) is 1. The molecule has 0 spiro atoms. The summed E-state index contributed by atoms with van der Waals surface area (Å²) in [7, 11) is 0. The highest BCUT2D eigenvalue weighted by atomic mass is 127. The Morgan fingerprint density at radius 2 is 2.08 bits per heavy atom. The van der Waals surface area contributed by atoms with Crippen molar-refractivity contribution in [2.75, 3.05) is 0 Å². The molecule has 0 bridgehead atoms. The summed E-state index contributed by atoms with van der Waals surface area (Å²) < 4.78 is 26.3. The van der Waals surface area contributed by atoms with Gasteiger partial charge in [-0.1, -0.05) is 0 Å². The molecule has 0 heterocycles. The highest BCUT2D eigenvalue weighted by molar-refractivity contribution is 14.1. The van der Waals surface area contributed by atoms with Crippen molar-refractivity contribution in [3.63, 3.8) is 0 Å². The topological polar surface area (TPSA) is 37.3 Å². The second-order valence-electron chi connectivity index (χ2n) is 2.15. The van der Waals surface area contributed by atoms with Gasteiger partial charge in [-0.25, -0.2) is 13.6 Å². The van der Waals surface area contributed by atoms with E-state index in [0.717, 1.165) is 6.07 Å². The fourth-order valence-electron chi connectivity index (χ4n) is 0.762. The monoisotopic (exact) mass is 362 g/mol. The molecule has 1 N–H and O–H groups in total. The number of carbonyl (C=O) groups is 1. The van der Waals surface area contributed by atoms with E-state index in [9.17, 15) is 13.6 Å². The number of rotatable bonds is 1. The van der Waals surface area contributed by atoms with Crippen LogP contribution in [0.1, 0.15) is 10.4 Å². The Labute approximate surface area is 94.2 Å². The number of carboxylic acid groups (broad SMARTS) is 1. The van der Waals surface area contributed by atoms with Gasteiger partial charge in [0, 0.05) is 4.47 Å². The van der Waals surface area contributed by atoms with Crippen molar-refractivity contribution in [3.05, 3.63) is 31.3 Å². The van der Waals surface area contributed by atoms with Crippen LogP contribution in [0.5, 0.6) is 0 Å². The molecule has 0 atom stereocenters. The first-order chi connectivity index (χ1) is 5.95. The van der Waals surface area contributed by atoms with E-state index in [4.69, 9.17) is 5.11 Å². The van der Waals surface area contributed by atoms with E-state index in [1.54, 1.807) is 22.6 Å². The molecule has 0 radical (unpaired) electrons. The predicted molar refractivity (Wildman–Crippen MR) is 53.7 cm³/mol. The van der Waals surface area contributed by atoms with Crippen molar-refractivity contribution in [3.8, 4) is 0 Å². The molecule has 13 heavy (non-hydrogen) atoms. The summed E-state index contributed by atoms with van der Waals surface area (Å²) in [5, 5.41) is 8.46. The molecule has 0 saturated heterocycles. The van der Waals surface area contributed by atoms with Crippen molar-refractivity contribution >= 4 is 44.5 Å². The molecule has 6 heteroatoms. The van der Waals surface area contributed by atoms with Gasteiger partial charge in [-0.15, -0.1) is 0 Å². The largest absolute Gasteiger partial charge is 0.477 e. The van der Waals surface area contributed by atoms with E-state index < -0.39 is 23.2 Å². The lowest BCUT2D eigenvalue weighted by atomic mass is 10.2. The predicted octanol–water partition coefficient (Wildman–Crippen LogP) is 3.03. The Morgan fingerprint density at radius 1 is 1.54 bits per heavy atom. The Morgan fingerprint density at radius 3 is 2.54 bits per heavy atom. The number of benzene rings is 1. The first-order valence-corrected chi connectivity index (χ1v) is 4.88. The van der Waals surface area contributed by atoms with Gasteiger partial charge >= 0.3 is 5.97 Å². The smallest absolute Gasteiger partial charge is 0.341 e. The number of aromatic carboxylic acids is 1. The zero-order valence-corrected chi connectivity index (χ0v) is 9.69. The fourth-order valence-corrected chi connectivity index (χ4v) is 1.56. The van der Waals surface area contributed by atoms with Gasteiger partial charge in [0.25, 0.3) is 0 Å². The molecule has 0 aliphatic carbocycles. The van der Waals surface area contributed by atoms with E-state index in [2.05, 4.69) is 15.9 Å². The third-order valence-electron chi connectivity index (χ3n) is 1.33. The molecule has 2 nitrogen and oxygen atoms in total. The van der Waals surface area contributed by atoms with Gasteiger partial charge in [-0.3, -0.25) is 0 Å². The molecule has 1 aromatic carbocycles. The molecule has 0 unspecified atom stereocenters. The maximum atomic E-state index is 13.1. The molecule has 70 valence electrons. The summed E-state index contributed by atoms with van der Waals surface area (Å²) in [5.41, 5.74) is -0.924. The van der Waals surface area contributed by atoms with Gasteiger partial charge in [-0.05, 0) is 44.6 Å². The summed E-state index contributed by atoms with van der Waals surface area (Å²) in [4.78, 5) is 10.4. The van der Waals surface area contributed by atoms with Crippen LogP contribution in [0, 0.1) is 15.2 Å². The number of carboxylic acids is 1. The zero-order chi connectivity index (χ0) is 10.2. The maximum absolute atomic E-state index is 13.1. The third kappa shape index (κ3) is 1.98. The maximum Gasteiger partial charge on any atom is 0.341 e. The first kappa shape index (κ1) is 10.8. The highest BCUT2D eigenvalue weighted by Gasteiger charge is 2.20. The summed E-state index contributed by atoms with van der Waals surface area (Å²) in [6.45, 7) is 0. The minimum atomic E-state index is -1.61. The van der Waals surface area contributed by atoms with Crippen molar-refractivity contribution < 1.29 is 18.7 Å². The molecule has 0 aromatic heterocycles. The van der Waals surface area contributed by atoms with Gasteiger partial charge in [-0.2, -0.15) is 0 Å². The molecule has 0 amide bonds. The van der Waals surface area contributed by atoms with Crippen molar-refractivity contribution in [1.29, 1.82) is 0 Å². The summed E-state index contributed by atoms with van der Waals surface area (Å²) in [6, 6.07) is 0.925. The molecule has 0 saturated carbocycles. The Kier molecular flexibility index (Phi) is 3.23. The second kappa shape index (κ2) is 3.87. The van der Waals surface area contributed by atoms with Crippen LogP contribution >= 0.6 is 38.5 Å². The minimum absolute atomic E-state index is 0.0522. The highest BCUT2D eigenvalue weighted by Crippen LogP contribution is 2.26. The molecule has 1 aromatic rings. The standard InChI is InChI=1S/C7H2BrF2IO2/c8-2-1-3(9)4(7(12)13)5(10)6(2)11/h1H,(H,12,13). The van der Waals surface area contributed by atoms with Crippen LogP contribution in [0.25, 0.3) is 0 Å². The Balaban J connectivity index is 3.53. The van der Waals surface area contributed by atoms with Crippen molar-refractivity contribution in [2.45, 2.75) is 0 Å². The van der Waals surface area contributed by atoms with Crippen LogP contribution < -0.4 is 0 Å². The SMILES string of the molecule is O=C(O)c1c(F)cc(Br)c(I)c1F. The lowest BCUT2D eigenvalue weighted by Crippen LogP contribution is -2.06. The van der Waals surface area contributed by atoms with Crippen LogP contribution in [0.2, 0.25) is 0 Å². The van der Waals surface area contributed by atoms with E-state index in [-0.39, 0.29) is 8.04 Å². The van der Waals surface area contributed by atoms with Gasteiger partial charge in [0.05, 0.1) is 3.57 Å². The molecular weight excluding hydrogens is 361 g/mol. The van der Waals surface area contributed by atoms with E-state index in [1.165, 1.54) is 0 Å². The van der Waals surface area contributed by atoms with E-state index in [0.29, 0.717) is 0 Å². The van der Waals surface area contributed by atoms with Crippen molar-refractivity contribution in [2.24, 2.45) is 0 Å². The van der Waals surface area contributed by atoms with Crippen LogP contribution in [-0.2, 0) is 0 Å². The van der Waals surface area contributed by atoms with Crippen molar-refractivity contribution in [1.82, 2.24) is 0 Å². The summed E-state index contributed by atoms with van der Waals surface area (Å²) >= 11 is 4.49. The lowest BCUT2D eigenvalue weighted by molar-refractivity contribution is 0.0686. The second-order valence-corrected chi connectivity index (χ2v) is 4.08. The third-order valence-corrected chi connectivity index (χ3v) is 3.75. The lowest BCUT2D eigenvalue weighted by Gasteiger charge is -2.03. The average molecular weight is 363 g/mol. The molecule has 0 aliphatic rings. The number of hydrogen-bond donors (Lipinski definition) is 1.